The lowest BCUT2D eigenvalue weighted by Gasteiger charge is -2.14. The van der Waals surface area contributed by atoms with Gasteiger partial charge in [-0.1, -0.05) is 0 Å². The smallest absolute Gasteiger partial charge is 0.221 e. The largest absolute Gasteiger partial charge is 0.354 e. The summed E-state index contributed by atoms with van der Waals surface area (Å²) in [5.74, 6) is 0.0830. The molecule has 5 nitrogen and oxygen atoms in total. The van der Waals surface area contributed by atoms with Crippen LogP contribution in [0.2, 0.25) is 0 Å². The number of carbonyl (C=O) groups is 1. The van der Waals surface area contributed by atoms with Crippen LogP contribution in [0.1, 0.15) is 32.9 Å². The molecule has 0 fully saturated rings. The molecule has 1 aromatic rings. The van der Waals surface area contributed by atoms with Crippen LogP contribution in [0.25, 0.3) is 0 Å². The Morgan fingerprint density at radius 1 is 1.50 bits per heavy atom. The fourth-order valence-corrected chi connectivity index (χ4v) is 1.40. The minimum atomic E-state index is 0.0830. The third kappa shape index (κ3) is 4.93. The van der Waals surface area contributed by atoms with Crippen molar-refractivity contribution in [3.8, 4) is 0 Å². The van der Waals surface area contributed by atoms with Crippen LogP contribution in [-0.4, -0.2) is 28.0 Å². The van der Waals surface area contributed by atoms with Gasteiger partial charge in [0.2, 0.25) is 5.91 Å². The molecule has 0 aromatic carbocycles. The number of hydrogen-bond acceptors (Lipinski definition) is 3. The number of imidazole rings is 1. The SMILES string of the molecule is CC(C)NC(=O)CC(C)NCc1cnc[nH]1. The molecule has 0 aliphatic carbocycles. The second kappa shape index (κ2) is 6.27. The van der Waals surface area contributed by atoms with Crippen molar-refractivity contribution in [2.24, 2.45) is 0 Å². The Morgan fingerprint density at radius 3 is 2.81 bits per heavy atom. The maximum absolute atomic E-state index is 11.5. The number of nitrogens with zero attached hydrogens (tertiary/aromatic N) is 1. The van der Waals surface area contributed by atoms with Crippen LogP contribution in [0.5, 0.6) is 0 Å². The molecule has 0 radical (unpaired) electrons. The van der Waals surface area contributed by atoms with Crippen molar-refractivity contribution in [3.63, 3.8) is 0 Å². The molecule has 1 heterocycles. The number of hydrogen-bond donors (Lipinski definition) is 3. The van der Waals surface area contributed by atoms with Crippen molar-refractivity contribution in [1.29, 1.82) is 0 Å². The summed E-state index contributed by atoms with van der Waals surface area (Å²) >= 11 is 0. The Hall–Kier alpha value is -1.36. The topological polar surface area (TPSA) is 69.8 Å². The fourth-order valence-electron chi connectivity index (χ4n) is 1.40. The molecule has 90 valence electrons. The summed E-state index contributed by atoms with van der Waals surface area (Å²) < 4.78 is 0. The van der Waals surface area contributed by atoms with Crippen molar-refractivity contribution >= 4 is 5.91 Å². The van der Waals surface area contributed by atoms with E-state index in [0.717, 1.165) is 5.69 Å². The molecule has 16 heavy (non-hydrogen) atoms. The van der Waals surface area contributed by atoms with Crippen molar-refractivity contribution in [2.75, 3.05) is 0 Å². The van der Waals surface area contributed by atoms with E-state index in [-0.39, 0.29) is 18.0 Å². The van der Waals surface area contributed by atoms with E-state index < -0.39 is 0 Å². The Morgan fingerprint density at radius 2 is 2.25 bits per heavy atom. The maximum atomic E-state index is 11.5. The van der Waals surface area contributed by atoms with E-state index in [4.69, 9.17) is 0 Å². The third-order valence-electron chi connectivity index (χ3n) is 2.14. The first-order valence-electron chi connectivity index (χ1n) is 5.58. The number of rotatable bonds is 6. The molecular formula is C11H20N4O. The lowest BCUT2D eigenvalue weighted by atomic mass is 10.2. The number of aromatic amines is 1. The lowest BCUT2D eigenvalue weighted by Crippen LogP contribution is -2.36. The number of aromatic nitrogens is 2. The molecule has 0 saturated heterocycles. The van der Waals surface area contributed by atoms with E-state index in [2.05, 4.69) is 20.6 Å². The molecule has 0 bridgehead atoms. The molecule has 3 N–H and O–H groups in total. The van der Waals surface area contributed by atoms with Gasteiger partial charge in [0.05, 0.1) is 6.33 Å². The summed E-state index contributed by atoms with van der Waals surface area (Å²) in [5, 5.41) is 6.12. The van der Waals surface area contributed by atoms with E-state index in [1.54, 1.807) is 12.5 Å². The van der Waals surface area contributed by atoms with Crippen LogP contribution in [0, 0.1) is 0 Å². The highest BCUT2D eigenvalue weighted by molar-refractivity contribution is 5.76. The zero-order valence-electron chi connectivity index (χ0n) is 10.1. The van der Waals surface area contributed by atoms with E-state index >= 15 is 0 Å². The highest BCUT2D eigenvalue weighted by atomic mass is 16.1. The second-order valence-electron chi connectivity index (χ2n) is 4.29. The maximum Gasteiger partial charge on any atom is 0.221 e. The summed E-state index contributed by atoms with van der Waals surface area (Å²) in [7, 11) is 0. The van der Waals surface area contributed by atoms with Crippen LogP contribution in [0.3, 0.4) is 0 Å². The van der Waals surface area contributed by atoms with Crippen LogP contribution in [0.4, 0.5) is 0 Å². The molecule has 0 spiro atoms. The van der Waals surface area contributed by atoms with Gasteiger partial charge in [-0.3, -0.25) is 4.79 Å². The minimum absolute atomic E-state index is 0.0830. The second-order valence-corrected chi connectivity index (χ2v) is 4.29. The van der Waals surface area contributed by atoms with Gasteiger partial charge in [0, 0.05) is 36.9 Å². The first-order valence-corrected chi connectivity index (χ1v) is 5.58. The van der Waals surface area contributed by atoms with Gasteiger partial charge in [-0.2, -0.15) is 0 Å². The van der Waals surface area contributed by atoms with Gasteiger partial charge in [-0.15, -0.1) is 0 Å². The highest BCUT2D eigenvalue weighted by Crippen LogP contribution is 1.95. The molecule has 0 aliphatic heterocycles. The van der Waals surface area contributed by atoms with Crippen LogP contribution >= 0.6 is 0 Å². The first kappa shape index (κ1) is 12.7. The zero-order chi connectivity index (χ0) is 12.0. The van der Waals surface area contributed by atoms with Crippen LogP contribution < -0.4 is 10.6 Å². The van der Waals surface area contributed by atoms with Crippen LogP contribution in [0.15, 0.2) is 12.5 Å². The average Bonchev–Trinajstić information content (AvgIpc) is 2.65. The van der Waals surface area contributed by atoms with Gasteiger partial charge >= 0.3 is 0 Å². The molecule has 1 aromatic heterocycles. The Labute approximate surface area is 96.0 Å². The average molecular weight is 224 g/mol. The van der Waals surface area contributed by atoms with Gasteiger partial charge in [0.25, 0.3) is 0 Å². The van der Waals surface area contributed by atoms with Crippen molar-refractivity contribution in [1.82, 2.24) is 20.6 Å². The van der Waals surface area contributed by atoms with Gasteiger partial charge < -0.3 is 15.6 Å². The van der Waals surface area contributed by atoms with Gasteiger partial charge in [-0.25, -0.2) is 4.98 Å². The van der Waals surface area contributed by atoms with Crippen molar-refractivity contribution in [2.45, 2.75) is 45.8 Å². The first-order chi connectivity index (χ1) is 7.58. The monoisotopic (exact) mass is 224 g/mol. The summed E-state index contributed by atoms with van der Waals surface area (Å²) in [5.41, 5.74) is 1.02. The third-order valence-corrected chi connectivity index (χ3v) is 2.14. The van der Waals surface area contributed by atoms with Gasteiger partial charge in [0.15, 0.2) is 0 Å². The molecule has 1 amide bonds. The zero-order valence-corrected chi connectivity index (χ0v) is 10.1. The normalized spacial score (nSPS) is 12.8. The number of nitrogens with one attached hydrogen (secondary N) is 3. The van der Waals surface area contributed by atoms with Gasteiger partial charge in [-0.05, 0) is 20.8 Å². The highest BCUT2D eigenvalue weighted by Gasteiger charge is 2.09. The van der Waals surface area contributed by atoms with E-state index in [0.29, 0.717) is 13.0 Å². The summed E-state index contributed by atoms with van der Waals surface area (Å²) in [6.45, 7) is 6.62. The molecule has 5 heteroatoms. The summed E-state index contributed by atoms with van der Waals surface area (Å²) in [6.07, 6.45) is 3.91. The minimum Gasteiger partial charge on any atom is -0.354 e. The summed E-state index contributed by atoms with van der Waals surface area (Å²) in [6, 6.07) is 0.356. The molecular weight excluding hydrogens is 204 g/mol. The Kier molecular flexibility index (Phi) is 4.98. The molecule has 0 aliphatic rings. The fraction of sp³-hybridized carbons (Fsp3) is 0.636. The Balaban J connectivity index is 2.20. The standard InChI is InChI=1S/C11H20N4O/c1-8(2)15-11(16)4-9(3)13-6-10-5-12-7-14-10/h5,7-9,13H,4,6H2,1-3H3,(H,12,14)(H,15,16). The van der Waals surface area contributed by atoms with Crippen molar-refractivity contribution < 1.29 is 4.79 Å². The van der Waals surface area contributed by atoms with Gasteiger partial charge in [0.1, 0.15) is 0 Å². The predicted molar refractivity (Wildman–Crippen MR) is 62.8 cm³/mol. The number of H-pyrrole nitrogens is 1. The molecule has 1 unspecified atom stereocenters. The molecule has 0 saturated carbocycles. The molecule has 1 atom stereocenters. The van der Waals surface area contributed by atoms with Crippen LogP contribution in [-0.2, 0) is 11.3 Å². The summed E-state index contributed by atoms with van der Waals surface area (Å²) in [4.78, 5) is 18.4. The Bertz CT molecular complexity index is 308. The molecule has 1 rings (SSSR count). The quantitative estimate of drug-likeness (QED) is 0.669. The van der Waals surface area contributed by atoms with E-state index in [1.807, 2.05) is 20.8 Å². The number of carbonyl (C=O) groups excluding carboxylic acids is 1. The predicted octanol–water partition coefficient (Wildman–Crippen LogP) is 0.802. The lowest BCUT2D eigenvalue weighted by molar-refractivity contribution is -0.122. The van der Waals surface area contributed by atoms with Crippen molar-refractivity contribution in [3.05, 3.63) is 18.2 Å². The van der Waals surface area contributed by atoms with E-state index in [1.165, 1.54) is 0 Å². The number of amides is 1. The van der Waals surface area contributed by atoms with E-state index in [9.17, 15) is 4.79 Å².